The fourth-order valence-corrected chi connectivity index (χ4v) is 3.09. The van der Waals surface area contributed by atoms with E-state index >= 15 is 0 Å². The Balaban J connectivity index is 1.56. The molecule has 2 aliphatic rings. The standard InChI is InChI=1S/C13H17N3O3S/c1-13(2,3)19-12(18)15-4-8(5-15)16-6-9-10(11(16)17)14-7-20-9/h7-8H,4-6H2,1-3H3. The largest absolute Gasteiger partial charge is 0.444 e. The zero-order chi connectivity index (χ0) is 14.5. The van der Waals surface area contributed by atoms with Gasteiger partial charge in [-0.25, -0.2) is 9.78 Å². The third-order valence-electron chi connectivity index (χ3n) is 3.37. The van der Waals surface area contributed by atoms with Gasteiger partial charge in [-0.3, -0.25) is 4.79 Å². The number of aromatic nitrogens is 1. The summed E-state index contributed by atoms with van der Waals surface area (Å²) in [6, 6.07) is 0.0800. The summed E-state index contributed by atoms with van der Waals surface area (Å²) < 4.78 is 5.30. The lowest BCUT2D eigenvalue weighted by Gasteiger charge is -2.43. The summed E-state index contributed by atoms with van der Waals surface area (Å²) in [6.07, 6.45) is -0.312. The number of hydrogen-bond acceptors (Lipinski definition) is 5. The van der Waals surface area contributed by atoms with Gasteiger partial charge in [0.1, 0.15) is 11.3 Å². The number of carbonyl (C=O) groups is 2. The summed E-state index contributed by atoms with van der Waals surface area (Å²) in [5, 5.41) is 0. The van der Waals surface area contributed by atoms with Crippen molar-refractivity contribution in [3.8, 4) is 0 Å². The smallest absolute Gasteiger partial charge is 0.410 e. The number of carbonyl (C=O) groups excluding carboxylic acids is 2. The quantitative estimate of drug-likeness (QED) is 0.791. The highest BCUT2D eigenvalue weighted by Crippen LogP contribution is 2.30. The lowest BCUT2D eigenvalue weighted by atomic mass is 10.1. The highest BCUT2D eigenvalue weighted by molar-refractivity contribution is 7.10. The Morgan fingerprint density at radius 3 is 2.75 bits per heavy atom. The van der Waals surface area contributed by atoms with E-state index in [0.717, 1.165) is 4.88 Å². The first-order valence-electron chi connectivity index (χ1n) is 6.56. The van der Waals surface area contributed by atoms with Crippen LogP contribution in [0.3, 0.4) is 0 Å². The van der Waals surface area contributed by atoms with Gasteiger partial charge in [-0.2, -0.15) is 0 Å². The van der Waals surface area contributed by atoms with Crippen LogP contribution in [0.4, 0.5) is 4.79 Å². The first kappa shape index (κ1) is 13.4. The van der Waals surface area contributed by atoms with Crippen LogP contribution in [0.25, 0.3) is 0 Å². The van der Waals surface area contributed by atoms with Crippen molar-refractivity contribution in [1.29, 1.82) is 0 Å². The zero-order valence-electron chi connectivity index (χ0n) is 11.8. The number of ether oxygens (including phenoxy) is 1. The van der Waals surface area contributed by atoms with E-state index in [-0.39, 0.29) is 18.0 Å². The number of nitrogens with zero attached hydrogens (tertiary/aromatic N) is 3. The lowest BCUT2D eigenvalue weighted by Crippen LogP contribution is -2.61. The monoisotopic (exact) mass is 295 g/mol. The topological polar surface area (TPSA) is 62.7 Å². The van der Waals surface area contributed by atoms with Crippen molar-refractivity contribution in [2.24, 2.45) is 0 Å². The SMILES string of the molecule is CC(C)(C)OC(=O)N1CC(N2Cc3scnc3C2=O)C1. The van der Waals surface area contributed by atoms with Crippen molar-refractivity contribution >= 4 is 23.3 Å². The van der Waals surface area contributed by atoms with E-state index in [0.29, 0.717) is 25.3 Å². The predicted octanol–water partition coefficient (Wildman–Crippen LogP) is 1.72. The van der Waals surface area contributed by atoms with Gasteiger partial charge in [0.2, 0.25) is 0 Å². The third kappa shape index (κ3) is 2.26. The molecular formula is C13H17N3O3S. The molecule has 0 unspecified atom stereocenters. The van der Waals surface area contributed by atoms with Crippen LogP contribution in [-0.4, -0.2) is 51.5 Å². The summed E-state index contributed by atoms with van der Waals surface area (Å²) in [7, 11) is 0. The summed E-state index contributed by atoms with van der Waals surface area (Å²) in [4.78, 5) is 32.5. The average molecular weight is 295 g/mol. The second-order valence-corrected chi connectivity index (χ2v) is 7.04. The molecule has 0 spiro atoms. The second kappa shape index (κ2) is 4.44. The normalized spacial score (nSPS) is 19.1. The van der Waals surface area contributed by atoms with Gasteiger partial charge in [0, 0.05) is 13.1 Å². The van der Waals surface area contributed by atoms with Gasteiger partial charge in [0.15, 0.2) is 0 Å². The van der Waals surface area contributed by atoms with Gasteiger partial charge in [-0.05, 0) is 20.8 Å². The van der Waals surface area contributed by atoms with Crippen molar-refractivity contribution < 1.29 is 14.3 Å². The maximum atomic E-state index is 12.1. The highest BCUT2D eigenvalue weighted by Gasteiger charge is 2.43. The molecule has 0 aliphatic carbocycles. The van der Waals surface area contributed by atoms with Crippen molar-refractivity contribution in [2.75, 3.05) is 13.1 Å². The fraction of sp³-hybridized carbons (Fsp3) is 0.615. The molecule has 0 atom stereocenters. The summed E-state index contributed by atoms with van der Waals surface area (Å²) in [5.41, 5.74) is 1.79. The van der Waals surface area contributed by atoms with Crippen molar-refractivity contribution in [3.63, 3.8) is 0 Å². The molecular weight excluding hydrogens is 278 g/mol. The molecule has 1 aromatic heterocycles. The van der Waals surface area contributed by atoms with Crippen LogP contribution in [0.2, 0.25) is 0 Å². The van der Waals surface area contributed by atoms with Gasteiger partial charge in [0.05, 0.1) is 23.0 Å². The van der Waals surface area contributed by atoms with E-state index in [2.05, 4.69) is 4.98 Å². The highest BCUT2D eigenvalue weighted by atomic mass is 32.1. The first-order valence-corrected chi connectivity index (χ1v) is 7.44. The van der Waals surface area contributed by atoms with Gasteiger partial charge < -0.3 is 14.5 Å². The number of likely N-dealkylation sites (tertiary alicyclic amines) is 1. The molecule has 3 rings (SSSR count). The van der Waals surface area contributed by atoms with Crippen molar-refractivity contribution in [1.82, 2.24) is 14.8 Å². The molecule has 108 valence electrons. The molecule has 2 aliphatic heterocycles. The minimum atomic E-state index is -0.486. The Hall–Kier alpha value is -1.63. The molecule has 7 heteroatoms. The first-order chi connectivity index (χ1) is 9.35. The van der Waals surface area contributed by atoms with Crippen molar-refractivity contribution in [2.45, 2.75) is 39.0 Å². The molecule has 0 N–H and O–H groups in total. The van der Waals surface area contributed by atoms with Crippen LogP contribution >= 0.6 is 11.3 Å². The van der Waals surface area contributed by atoms with Gasteiger partial charge in [-0.15, -0.1) is 11.3 Å². The third-order valence-corrected chi connectivity index (χ3v) is 4.19. The van der Waals surface area contributed by atoms with Crippen LogP contribution in [0.5, 0.6) is 0 Å². The van der Waals surface area contributed by atoms with Crippen LogP contribution in [0.1, 0.15) is 36.1 Å². The maximum Gasteiger partial charge on any atom is 0.410 e. The molecule has 0 saturated carbocycles. The average Bonchev–Trinajstić information content (AvgIpc) is 2.79. The number of hydrogen-bond donors (Lipinski definition) is 0. The number of thiazole rings is 1. The Labute approximate surface area is 121 Å². The van der Waals surface area contributed by atoms with Crippen LogP contribution in [0.15, 0.2) is 5.51 Å². The molecule has 0 radical (unpaired) electrons. The van der Waals surface area contributed by atoms with E-state index < -0.39 is 5.60 Å². The molecule has 1 fully saturated rings. The molecule has 2 amide bonds. The minimum absolute atomic E-state index is 0.0184. The van der Waals surface area contributed by atoms with Crippen LogP contribution < -0.4 is 0 Å². The maximum absolute atomic E-state index is 12.1. The van der Waals surface area contributed by atoms with Crippen LogP contribution in [-0.2, 0) is 11.3 Å². The van der Waals surface area contributed by atoms with E-state index in [1.807, 2.05) is 20.8 Å². The van der Waals surface area contributed by atoms with Crippen LogP contribution in [0, 0.1) is 0 Å². The van der Waals surface area contributed by atoms with E-state index in [4.69, 9.17) is 4.74 Å². The molecule has 0 aromatic carbocycles. The second-order valence-electron chi connectivity index (χ2n) is 6.10. The van der Waals surface area contributed by atoms with E-state index in [1.165, 1.54) is 11.3 Å². The van der Waals surface area contributed by atoms with E-state index in [1.54, 1.807) is 15.3 Å². The predicted molar refractivity (Wildman–Crippen MR) is 73.6 cm³/mol. The molecule has 3 heterocycles. The lowest BCUT2D eigenvalue weighted by molar-refractivity contribution is -0.0125. The summed E-state index contributed by atoms with van der Waals surface area (Å²) in [5.74, 6) is -0.0184. The molecule has 0 bridgehead atoms. The number of rotatable bonds is 1. The Morgan fingerprint density at radius 1 is 1.45 bits per heavy atom. The Kier molecular flexibility index (Phi) is 2.97. The molecule has 20 heavy (non-hydrogen) atoms. The van der Waals surface area contributed by atoms with Crippen molar-refractivity contribution in [3.05, 3.63) is 16.1 Å². The number of fused-ring (bicyclic) bond motifs is 1. The zero-order valence-corrected chi connectivity index (χ0v) is 12.6. The summed E-state index contributed by atoms with van der Waals surface area (Å²) >= 11 is 1.51. The molecule has 1 aromatic rings. The van der Waals surface area contributed by atoms with Gasteiger partial charge in [0.25, 0.3) is 5.91 Å². The van der Waals surface area contributed by atoms with Gasteiger partial charge in [-0.1, -0.05) is 0 Å². The Morgan fingerprint density at radius 2 is 2.15 bits per heavy atom. The minimum Gasteiger partial charge on any atom is -0.444 e. The molecule has 1 saturated heterocycles. The number of amides is 2. The van der Waals surface area contributed by atoms with Gasteiger partial charge >= 0.3 is 6.09 Å². The van der Waals surface area contributed by atoms with E-state index in [9.17, 15) is 9.59 Å². The Bertz CT molecular complexity index is 557. The molecule has 6 nitrogen and oxygen atoms in total. The fourth-order valence-electron chi connectivity index (χ4n) is 2.34. The summed E-state index contributed by atoms with van der Waals surface area (Å²) in [6.45, 7) is 7.22.